The van der Waals surface area contributed by atoms with Crippen molar-refractivity contribution in [2.24, 2.45) is 11.8 Å². The molecule has 1 aromatic carbocycles. The third-order valence-electron chi connectivity index (χ3n) is 3.57. The molecule has 2 unspecified atom stereocenters. The van der Waals surface area contributed by atoms with E-state index in [1.807, 2.05) is 22.6 Å². The van der Waals surface area contributed by atoms with Crippen LogP contribution >= 0.6 is 22.6 Å². The molecule has 2 fully saturated rings. The number of amides is 1. The third kappa shape index (κ3) is 2.06. The highest BCUT2D eigenvalue weighted by Gasteiger charge is 2.53. The molecule has 1 heterocycles. The van der Waals surface area contributed by atoms with Crippen molar-refractivity contribution in [1.29, 1.82) is 0 Å². The largest absolute Gasteiger partial charge is 0.349 e. The van der Waals surface area contributed by atoms with Gasteiger partial charge in [0.05, 0.1) is 5.56 Å². The van der Waals surface area contributed by atoms with Crippen LogP contribution < -0.4 is 10.6 Å². The molecule has 1 amide bonds. The Morgan fingerprint density at radius 3 is 2.76 bits per heavy atom. The van der Waals surface area contributed by atoms with Crippen LogP contribution in [0.25, 0.3) is 0 Å². The van der Waals surface area contributed by atoms with Gasteiger partial charge in [-0.05, 0) is 52.6 Å². The molecule has 1 aliphatic carbocycles. The van der Waals surface area contributed by atoms with Crippen LogP contribution in [0.1, 0.15) is 10.4 Å². The molecule has 90 valence electrons. The average molecular weight is 346 g/mol. The fourth-order valence-electron chi connectivity index (χ4n) is 2.54. The number of benzene rings is 1. The fourth-order valence-corrected chi connectivity index (χ4v) is 3.26. The van der Waals surface area contributed by atoms with E-state index in [4.69, 9.17) is 0 Å². The summed E-state index contributed by atoms with van der Waals surface area (Å²) in [4.78, 5) is 12.0. The van der Waals surface area contributed by atoms with Gasteiger partial charge in [0, 0.05) is 22.7 Å². The number of fused-ring (bicyclic) bond motifs is 1. The number of carbonyl (C=O) groups is 1. The predicted molar refractivity (Wildman–Crippen MR) is 70.2 cm³/mol. The van der Waals surface area contributed by atoms with Crippen LogP contribution in [0.4, 0.5) is 4.39 Å². The van der Waals surface area contributed by atoms with Crippen molar-refractivity contribution < 1.29 is 9.18 Å². The van der Waals surface area contributed by atoms with Gasteiger partial charge in [-0.2, -0.15) is 0 Å². The van der Waals surface area contributed by atoms with Gasteiger partial charge < -0.3 is 10.6 Å². The lowest BCUT2D eigenvalue weighted by Crippen LogP contribution is -2.32. The van der Waals surface area contributed by atoms with Crippen molar-refractivity contribution in [2.45, 2.75) is 6.04 Å². The Hall–Kier alpha value is -0.690. The fraction of sp³-hybridized carbons (Fsp3) is 0.417. The van der Waals surface area contributed by atoms with E-state index in [0.717, 1.165) is 13.1 Å². The molecule has 3 nitrogen and oxygen atoms in total. The molecule has 17 heavy (non-hydrogen) atoms. The third-order valence-corrected chi connectivity index (χ3v) is 4.46. The highest BCUT2D eigenvalue weighted by Crippen LogP contribution is 2.41. The van der Waals surface area contributed by atoms with E-state index in [0.29, 0.717) is 27.0 Å². The molecule has 0 radical (unpaired) electrons. The molecule has 1 aliphatic heterocycles. The maximum absolute atomic E-state index is 12.9. The first kappa shape index (κ1) is 11.4. The van der Waals surface area contributed by atoms with Crippen molar-refractivity contribution in [2.75, 3.05) is 13.1 Å². The summed E-state index contributed by atoms with van der Waals surface area (Å²) in [5.74, 6) is 0.793. The summed E-state index contributed by atoms with van der Waals surface area (Å²) in [6.45, 7) is 1.99. The van der Waals surface area contributed by atoms with Gasteiger partial charge in [0.1, 0.15) is 5.82 Å². The van der Waals surface area contributed by atoms with E-state index < -0.39 is 0 Å². The topological polar surface area (TPSA) is 41.1 Å². The quantitative estimate of drug-likeness (QED) is 0.795. The lowest BCUT2D eigenvalue weighted by atomic mass is 10.2. The summed E-state index contributed by atoms with van der Waals surface area (Å²) in [7, 11) is 0. The lowest BCUT2D eigenvalue weighted by Gasteiger charge is -2.09. The smallest absolute Gasteiger partial charge is 0.252 e. The Morgan fingerprint density at radius 1 is 1.41 bits per heavy atom. The minimum absolute atomic E-state index is 0.0891. The van der Waals surface area contributed by atoms with Gasteiger partial charge in [-0.3, -0.25) is 4.79 Å². The molecular formula is C12H12FIN2O. The maximum Gasteiger partial charge on any atom is 0.252 e. The normalized spacial score (nSPS) is 29.9. The molecule has 2 N–H and O–H groups in total. The highest BCUT2D eigenvalue weighted by molar-refractivity contribution is 14.1. The first-order chi connectivity index (χ1) is 8.16. The summed E-state index contributed by atoms with van der Waals surface area (Å²) in [5.41, 5.74) is 0.560. The predicted octanol–water partition coefficient (Wildman–Crippen LogP) is 1.38. The van der Waals surface area contributed by atoms with Crippen molar-refractivity contribution in [3.63, 3.8) is 0 Å². The van der Waals surface area contributed by atoms with Crippen molar-refractivity contribution in [3.05, 3.63) is 33.1 Å². The zero-order chi connectivity index (χ0) is 12.0. The number of hydrogen-bond donors (Lipinski definition) is 2. The Morgan fingerprint density at radius 2 is 2.12 bits per heavy atom. The molecule has 1 saturated carbocycles. The molecular weight excluding hydrogens is 334 g/mol. The lowest BCUT2D eigenvalue weighted by molar-refractivity contribution is 0.0945. The second-order valence-electron chi connectivity index (χ2n) is 4.61. The summed E-state index contributed by atoms with van der Waals surface area (Å²) >= 11 is 1.99. The molecule has 3 rings (SSSR count). The van der Waals surface area contributed by atoms with E-state index in [2.05, 4.69) is 10.6 Å². The number of halogens is 2. The zero-order valence-electron chi connectivity index (χ0n) is 9.04. The maximum atomic E-state index is 12.9. The summed E-state index contributed by atoms with van der Waals surface area (Å²) in [6.07, 6.45) is 0. The first-order valence-corrected chi connectivity index (χ1v) is 6.71. The van der Waals surface area contributed by atoms with Gasteiger partial charge in [-0.25, -0.2) is 4.39 Å². The van der Waals surface area contributed by atoms with E-state index in [1.54, 1.807) is 6.07 Å². The summed E-state index contributed by atoms with van der Waals surface area (Å²) in [6, 6.07) is 4.56. The summed E-state index contributed by atoms with van der Waals surface area (Å²) in [5, 5.41) is 6.31. The monoisotopic (exact) mass is 346 g/mol. The Kier molecular flexibility index (Phi) is 2.82. The van der Waals surface area contributed by atoms with Crippen LogP contribution in [0.15, 0.2) is 18.2 Å². The van der Waals surface area contributed by atoms with Crippen LogP contribution in [-0.2, 0) is 0 Å². The van der Waals surface area contributed by atoms with Crippen LogP contribution in [0, 0.1) is 21.2 Å². The number of rotatable bonds is 2. The Bertz CT molecular complexity index is 470. The molecule has 1 saturated heterocycles. The molecule has 0 bridgehead atoms. The first-order valence-electron chi connectivity index (χ1n) is 5.63. The molecule has 5 heteroatoms. The van der Waals surface area contributed by atoms with Crippen molar-refractivity contribution >= 4 is 28.5 Å². The SMILES string of the molecule is O=C(NC1C2CNCC21)c1ccc(F)cc1I. The van der Waals surface area contributed by atoms with E-state index in [1.165, 1.54) is 12.1 Å². The van der Waals surface area contributed by atoms with E-state index >= 15 is 0 Å². The molecule has 0 aromatic heterocycles. The second kappa shape index (κ2) is 4.20. The summed E-state index contributed by atoms with van der Waals surface area (Å²) < 4.78 is 13.6. The Balaban J connectivity index is 1.70. The zero-order valence-corrected chi connectivity index (χ0v) is 11.2. The second-order valence-corrected chi connectivity index (χ2v) is 5.77. The highest BCUT2D eigenvalue weighted by atomic mass is 127. The number of piperidine rings is 1. The van der Waals surface area contributed by atoms with Gasteiger partial charge in [-0.1, -0.05) is 0 Å². The van der Waals surface area contributed by atoms with Gasteiger partial charge in [0.15, 0.2) is 0 Å². The van der Waals surface area contributed by atoms with Gasteiger partial charge in [-0.15, -0.1) is 0 Å². The van der Waals surface area contributed by atoms with Crippen LogP contribution in [-0.4, -0.2) is 25.0 Å². The standard InChI is InChI=1S/C12H12FIN2O/c13-6-1-2-7(10(14)3-6)12(17)16-11-8-4-15-5-9(8)11/h1-3,8-9,11,15H,4-5H2,(H,16,17). The molecule has 0 spiro atoms. The molecule has 1 aromatic rings. The van der Waals surface area contributed by atoms with Crippen LogP contribution in [0.3, 0.4) is 0 Å². The molecule has 2 atom stereocenters. The van der Waals surface area contributed by atoms with Crippen LogP contribution in [0.5, 0.6) is 0 Å². The number of carbonyl (C=O) groups excluding carboxylic acids is 1. The van der Waals surface area contributed by atoms with Crippen LogP contribution in [0.2, 0.25) is 0 Å². The van der Waals surface area contributed by atoms with Crippen molar-refractivity contribution in [3.8, 4) is 0 Å². The van der Waals surface area contributed by atoms with E-state index in [-0.39, 0.29) is 11.7 Å². The van der Waals surface area contributed by atoms with E-state index in [9.17, 15) is 9.18 Å². The average Bonchev–Trinajstić information content (AvgIpc) is 2.74. The Labute approximate surface area is 112 Å². The van der Waals surface area contributed by atoms with Gasteiger partial charge >= 0.3 is 0 Å². The van der Waals surface area contributed by atoms with Gasteiger partial charge in [0.2, 0.25) is 0 Å². The minimum atomic E-state index is -0.307. The number of nitrogens with one attached hydrogen (secondary N) is 2. The van der Waals surface area contributed by atoms with Gasteiger partial charge in [0.25, 0.3) is 5.91 Å². The van der Waals surface area contributed by atoms with Crippen molar-refractivity contribution in [1.82, 2.24) is 10.6 Å². The molecule has 2 aliphatic rings. The number of hydrogen-bond acceptors (Lipinski definition) is 2. The minimum Gasteiger partial charge on any atom is -0.349 e.